The fraction of sp³-hybridized carbons (Fsp3) is 0.303. The summed E-state index contributed by atoms with van der Waals surface area (Å²) >= 11 is 0. The van der Waals surface area contributed by atoms with Gasteiger partial charge in [0.15, 0.2) is 0 Å². The molecule has 0 radical (unpaired) electrons. The summed E-state index contributed by atoms with van der Waals surface area (Å²) in [5, 5.41) is 23.1. The van der Waals surface area contributed by atoms with E-state index >= 15 is 0 Å². The Kier molecular flexibility index (Phi) is 8.61. The van der Waals surface area contributed by atoms with Crippen LogP contribution in [-0.2, 0) is 12.8 Å². The van der Waals surface area contributed by atoms with E-state index in [2.05, 4.69) is 6.58 Å². The molecule has 3 aromatic carbocycles. The number of aliphatic hydroxyl groups is 2. The largest absolute Gasteiger partial charge is 0.388 e. The summed E-state index contributed by atoms with van der Waals surface area (Å²) < 4.78 is 0. The van der Waals surface area contributed by atoms with Crippen LogP contribution in [0.25, 0.3) is 0 Å². The second-order valence-corrected chi connectivity index (χ2v) is 10.6. The Balaban J connectivity index is 1.42. The lowest BCUT2D eigenvalue weighted by Gasteiger charge is -2.35. The van der Waals surface area contributed by atoms with Crippen LogP contribution in [0.15, 0.2) is 97.6 Å². The molecule has 4 atom stereocenters. The van der Waals surface area contributed by atoms with Gasteiger partial charge in [-0.1, -0.05) is 78.9 Å². The second kappa shape index (κ2) is 12.5. The number of nitrogens with zero attached hydrogens (tertiary/aromatic N) is 3. The van der Waals surface area contributed by atoms with Crippen molar-refractivity contribution in [3.05, 3.63) is 120 Å². The molecule has 212 valence electrons. The molecule has 0 spiro atoms. The highest BCUT2D eigenvalue weighted by Crippen LogP contribution is 2.28. The molecular formula is C33H35N3O5. The van der Waals surface area contributed by atoms with Crippen LogP contribution in [0.4, 0.5) is 4.79 Å². The van der Waals surface area contributed by atoms with E-state index in [0.29, 0.717) is 30.4 Å². The molecule has 0 unspecified atom stereocenters. The van der Waals surface area contributed by atoms with Crippen molar-refractivity contribution in [1.29, 1.82) is 0 Å². The highest BCUT2D eigenvalue weighted by molar-refractivity contribution is 6.21. The predicted octanol–water partition coefficient (Wildman–Crippen LogP) is 3.54. The third kappa shape index (κ3) is 5.80. The van der Waals surface area contributed by atoms with E-state index in [1.54, 1.807) is 40.1 Å². The van der Waals surface area contributed by atoms with Crippen LogP contribution in [0.5, 0.6) is 0 Å². The van der Waals surface area contributed by atoms with Gasteiger partial charge in [-0.25, -0.2) is 4.79 Å². The Hall–Kier alpha value is -4.27. The molecule has 5 rings (SSSR count). The molecule has 1 fully saturated rings. The molecule has 2 N–H and O–H groups in total. The molecule has 0 bridgehead atoms. The van der Waals surface area contributed by atoms with Gasteiger partial charge in [0.25, 0.3) is 11.8 Å². The number of aliphatic hydroxyl groups excluding tert-OH is 2. The van der Waals surface area contributed by atoms with Crippen molar-refractivity contribution in [2.24, 2.45) is 0 Å². The fourth-order valence-corrected chi connectivity index (χ4v) is 5.90. The number of hydrogen-bond donors (Lipinski definition) is 2. The number of carbonyl (C=O) groups excluding carboxylic acids is 3. The Morgan fingerprint density at radius 1 is 0.659 bits per heavy atom. The van der Waals surface area contributed by atoms with Gasteiger partial charge in [0.2, 0.25) is 0 Å². The van der Waals surface area contributed by atoms with Gasteiger partial charge in [0, 0.05) is 19.6 Å². The number of hydrogen-bond acceptors (Lipinski definition) is 5. The van der Waals surface area contributed by atoms with Gasteiger partial charge in [-0.15, -0.1) is 6.58 Å². The SMILES string of the molecule is C=CCN1C(=O)N(CCCN2C(=O)c3ccccc3C2=O)[C@H](Cc2ccccc2)[C@H](O)[C@@H](O)[C@H]1Cc1ccccc1. The molecule has 3 aromatic rings. The minimum Gasteiger partial charge on any atom is -0.388 e. The van der Waals surface area contributed by atoms with Crippen molar-refractivity contribution in [3.63, 3.8) is 0 Å². The van der Waals surface area contributed by atoms with Crippen LogP contribution < -0.4 is 0 Å². The van der Waals surface area contributed by atoms with Crippen LogP contribution in [0, 0.1) is 0 Å². The molecule has 4 amide bonds. The summed E-state index contributed by atoms with van der Waals surface area (Å²) in [6.07, 6.45) is 0.174. The maximum absolute atomic E-state index is 14.2. The maximum Gasteiger partial charge on any atom is 0.320 e. The lowest BCUT2D eigenvalue weighted by molar-refractivity contribution is -0.0387. The third-order valence-corrected chi connectivity index (χ3v) is 7.99. The van der Waals surface area contributed by atoms with Crippen molar-refractivity contribution >= 4 is 17.8 Å². The number of carbonyl (C=O) groups is 3. The van der Waals surface area contributed by atoms with Gasteiger partial charge in [-0.05, 0) is 42.5 Å². The molecule has 2 aliphatic rings. The van der Waals surface area contributed by atoms with E-state index in [1.807, 2.05) is 60.7 Å². The number of imide groups is 1. The molecule has 0 aromatic heterocycles. The van der Waals surface area contributed by atoms with Crippen LogP contribution >= 0.6 is 0 Å². The third-order valence-electron chi connectivity index (χ3n) is 7.99. The van der Waals surface area contributed by atoms with Crippen molar-refractivity contribution in [2.45, 2.75) is 43.6 Å². The van der Waals surface area contributed by atoms with Crippen molar-refractivity contribution < 1.29 is 24.6 Å². The molecular weight excluding hydrogens is 518 g/mol. The van der Waals surface area contributed by atoms with Gasteiger partial charge in [0.1, 0.15) is 12.2 Å². The van der Waals surface area contributed by atoms with Crippen LogP contribution in [0.2, 0.25) is 0 Å². The Bertz CT molecular complexity index is 1360. The summed E-state index contributed by atoms with van der Waals surface area (Å²) in [5.41, 5.74) is 2.61. The second-order valence-electron chi connectivity index (χ2n) is 10.6. The minimum absolute atomic E-state index is 0.127. The quantitative estimate of drug-likeness (QED) is 0.296. The average molecular weight is 554 g/mol. The Morgan fingerprint density at radius 2 is 1.12 bits per heavy atom. The number of benzene rings is 3. The first-order chi connectivity index (χ1) is 19.9. The normalized spacial score (nSPS) is 22.6. The first-order valence-electron chi connectivity index (χ1n) is 14.0. The van der Waals surface area contributed by atoms with Gasteiger partial charge >= 0.3 is 6.03 Å². The molecule has 8 nitrogen and oxygen atoms in total. The molecule has 41 heavy (non-hydrogen) atoms. The monoisotopic (exact) mass is 553 g/mol. The van der Waals surface area contributed by atoms with Crippen molar-refractivity contribution in [3.8, 4) is 0 Å². The Labute approximate surface area is 240 Å². The predicted molar refractivity (Wildman–Crippen MR) is 155 cm³/mol. The molecule has 1 saturated heterocycles. The summed E-state index contributed by atoms with van der Waals surface area (Å²) in [6.45, 7) is 4.32. The highest BCUT2D eigenvalue weighted by Gasteiger charge is 2.46. The van der Waals surface area contributed by atoms with E-state index in [4.69, 9.17) is 0 Å². The zero-order chi connectivity index (χ0) is 28.9. The van der Waals surface area contributed by atoms with E-state index in [-0.39, 0.29) is 37.5 Å². The van der Waals surface area contributed by atoms with Crippen LogP contribution in [-0.4, -0.2) is 86.7 Å². The van der Waals surface area contributed by atoms with Gasteiger partial charge in [0.05, 0.1) is 23.2 Å². The minimum atomic E-state index is -1.23. The molecule has 0 saturated carbocycles. The number of fused-ring (bicyclic) bond motifs is 1. The molecule has 8 heteroatoms. The molecule has 0 aliphatic carbocycles. The first kappa shape index (κ1) is 28.3. The number of amides is 4. The van der Waals surface area contributed by atoms with E-state index in [0.717, 1.165) is 11.1 Å². The van der Waals surface area contributed by atoms with E-state index in [9.17, 15) is 24.6 Å². The molecule has 2 heterocycles. The first-order valence-corrected chi connectivity index (χ1v) is 14.0. The maximum atomic E-state index is 14.2. The average Bonchev–Trinajstić information content (AvgIpc) is 3.22. The van der Waals surface area contributed by atoms with Gasteiger partial charge in [-0.3, -0.25) is 14.5 Å². The number of urea groups is 1. The van der Waals surface area contributed by atoms with Gasteiger partial charge < -0.3 is 20.0 Å². The summed E-state index contributed by atoms with van der Waals surface area (Å²) in [7, 11) is 0. The van der Waals surface area contributed by atoms with Crippen LogP contribution in [0.3, 0.4) is 0 Å². The summed E-state index contributed by atoms with van der Waals surface area (Å²) in [4.78, 5) is 44.4. The zero-order valence-corrected chi connectivity index (χ0v) is 22.9. The molecule has 2 aliphatic heterocycles. The fourth-order valence-electron chi connectivity index (χ4n) is 5.90. The smallest absolute Gasteiger partial charge is 0.320 e. The summed E-state index contributed by atoms with van der Waals surface area (Å²) in [6, 6.07) is 24.1. The zero-order valence-electron chi connectivity index (χ0n) is 22.9. The topological polar surface area (TPSA) is 101 Å². The lowest BCUT2D eigenvalue weighted by Crippen LogP contribution is -2.51. The highest BCUT2D eigenvalue weighted by atomic mass is 16.3. The van der Waals surface area contributed by atoms with Crippen molar-refractivity contribution in [1.82, 2.24) is 14.7 Å². The van der Waals surface area contributed by atoms with Crippen LogP contribution in [0.1, 0.15) is 38.3 Å². The van der Waals surface area contributed by atoms with E-state index < -0.39 is 24.3 Å². The summed E-state index contributed by atoms with van der Waals surface area (Å²) in [5.74, 6) is -0.694. The standard InChI is InChI=1S/C33H35N3O5/c1-2-18-34-27(21-23-12-5-3-6-13-23)29(37)30(38)28(22-24-14-7-4-8-15-24)35(33(34)41)19-11-20-36-31(39)25-16-9-10-17-26(25)32(36)40/h2-10,12-17,27-30,37-38H,1,11,18-22H2/t27-,28-,29+,30+/m1/s1. The van der Waals surface area contributed by atoms with E-state index in [1.165, 1.54) is 4.90 Å². The van der Waals surface area contributed by atoms with Crippen molar-refractivity contribution in [2.75, 3.05) is 19.6 Å². The number of rotatable bonds is 10. The Morgan fingerprint density at radius 3 is 1.61 bits per heavy atom. The van der Waals surface area contributed by atoms with Gasteiger partial charge in [-0.2, -0.15) is 0 Å². The lowest BCUT2D eigenvalue weighted by atomic mass is 9.91.